The van der Waals surface area contributed by atoms with E-state index in [2.05, 4.69) is 0 Å². The molecule has 3 aromatic rings. The van der Waals surface area contributed by atoms with Gasteiger partial charge in [0.1, 0.15) is 0 Å². The van der Waals surface area contributed by atoms with Crippen LogP contribution in [0.1, 0.15) is 0 Å². The lowest BCUT2D eigenvalue weighted by molar-refractivity contribution is 1.43. The van der Waals surface area contributed by atoms with Crippen molar-refractivity contribution in [2.75, 3.05) is 3.71 Å². The molecule has 0 radical (unpaired) electrons. The summed E-state index contributed by atoms with van der Waals surface area (Å²) in [5, 5.41) is 0.966. The van der Waals surface area contributed by atoms with E-state index in [-0.39, 0.29) is 50.2 Å². The maximum Gasteiger partial charge on any atom is 0.0809 e. The van der Waals surface area contributed by atoms with E-state index in [9.17, 15) is 0 Å². The third-order valence-corrected chi connectivity index (χ3v) is 11.0. The van der Waals surface area contributed by atoms with Crippen molar-refractivity contribution in [1.29, 1.82) is 0 Å². The fourth-order valence-corrected chi connectivity index (χ4v) is 7.20. The molecular formula is C18H5Cl10NS2. The molecule has 31 heavy (non-hydrogen) atoms. The number of nitrogens with zero attached hydrogens (tertiary/aromatic N) is 1. The summed E-state index contributed by atoms with van der Waals surface area (Å²) in [5.41, 5.74) is 0.737. The van der Waals surface area contributed by atoms with Crippen LogP contribution in [-0.4, -0.2) is 0 Å². The fraction of sp³-hybridized carbons (Fsp3) is 0. The van der Waals surface area contributed by atoms with Gasteiger partial charge in [-0.05, 0) is 12.1 Å². The average Bonchev–Trinajstić information content (AvgIpc) is 2.78. The van der Waals surface area contributed by atoms with E-state index in [4.69, 9.17) is 116 Å². The van der Waals surface area contributed by atoms with Crippen molar-refractivity contribution in [3.63, 3.8) is 0 Å². The predicted molar refractivity (Wildman–Crippen MR) is 144 cm³/mol. The topological polar surface area (TPSA) is 3.24 Å². The van der Waals surface area contributed by atoms with Crippen LogP contribution in [0.15, 0.2) is 40.1 Å². The molecule has 0 spiro atoms. The van der Waals surface area contributed by atoms with E-state index in [1.807, 2.05) is 30.3 Å². The quantitative estimate of drug-likeness (QED) is 0.153. The average molecular weight is 654 g/mol. The molecule has 0 bridgehead atoms. The van der Waals surface area contributed by atoms with Crippen LogP contribution in [0.2, 0.25) is 50.2 Å². The first-order chi connectivity index (χ1) is 14.6. The molecular weight excluding hydrogens is 649 g/mol. The summed E-state index contributed by atoms with van der Waals surface area (Å²) >= 11 is 65.0. The molecule has 3 aromatic carbocycles. The van der Waals surface area contributed by atoms with Gasteiger partial charge in [0.2, 0.25) is 0 Å². The highest BCUT2D eigenvalue weighted by Gasteiger charge is 2.26. The van der Waals surface area contributed by atoms with E-state index in [0.29, 0.717) is 9.79 Å². The molecule has 0 heterocycles. The number of para-hydroxylation sites is 1. The maximum atomic E-state index is 6.42. The monoisotopic (exact) mass is 649 g/mol. The van der Waals surface area contributed by atoms with E-state index in [1.54, 1.807) is 3.71 Å². The summed E-state index contributed by atoms with van der Waals surface area (Å²) in [6, 6.07) is 9.26. The molecule has 0 aliphatic carbocycles. The van der Waals surface area contributed by atoms with Crippen molar-refractivity contribution in [3.8, 4) is 0 Å². The number of hydrogen-bond acceptors (Lipinski definition) is 3. The van der Waals surface area contributed by atoms with Gasteiger partial charge in [0.25, 0.3) is 0 Å². The van der Waals surface area contributed by atoms with Crippen LogP contribution in [0.3, 0.4) is 0 Å². The van der Waals surface area contributed by atoms with Crippen LogP contribution >= 0.6 is 140 Å². The molecule has 0 atom stereocenters. The molecule has 0 unspecified atom stereocenters. The first-order valence-corrected chi connectivity index (χ1v) is 13.1. The zero-order chi connectivity index (χ0) is 23.0. The van der Waals surface area contributed by atoms with Crippen molar-refractivity contribution in [2.24, 2.45) is 0 Å². The number of rotatable bonds is 5. The van der Waals surface area contributed by atoms with Gasteiger partial charge in [-0.1, -0.05) is 134 Å². The van der Waals surface area contributed by atoms with E-state index < -0.39 is 0 Å². The summed E-state index contributed by atoms with van der Waals surface area (Å²) in [4.78, 5) is 0.745. The van der Waals surface area contributed by atoms with Crippen molar-refractivity contribution >= 4 is 146 Å². The van der Waals surface area contributed by atoms with Crippen LogP contribution in [-0.2, 0) is 0 Å². The molecule has 0 N–H and O–H groups in total. The molecule has 3 rings (SSSR count). The normalized spacial score (nSPS) is 11.2. The number of anilines is 1. The Bertz CT molecular complexity index is 1030. The van der Waals surface area contributed by atoms with Gasteiger partial charge in [-0.3, -0.25) is 0 Å². The Morgan fingerprint density at radius 1 is 0.419 bits per heavy atom. The second-order valence-electron chi connectivity index (χ2n) is 5.57. The van der Waals surface area contributed by atoms with Crippen LogP contribution < -0.4 is 3.71 Å². The standard InChI is InChI=1S/C18H5Cl10NS2/c19-7-9(21)13(25)17(14(26)10(7)22)30-29(6-4-2-1-3-5-6)31-18-15(27)11(23)8(20)12(24)16(18)28/h1-5H. The van der Waals surface area contributed by atoms with Gasteiger partial charge in [0.15, 0.2) is 0 Å². The largest absolute Gasteiger partial charge is 0.249 e. The first kappa shape index (κ1) is 26.7. The van der Waals surface area contributed by atoms with E-state index >= 15 is 0 Å². The van der Waals surface area contributed by atoms with Gasteiger partial charge < -0.3 is 0 Å². The Kier molecular flexibility index (Phi) is 9.63. The van der Waals surface area contributed by atoms with Crippen LogP contribution in [0.25, 0.3) is 0 Å². The molecule has 0 amide bonds. The molecule has 0 saturated heterocycles. The second-order valence-corrected chi connectivity index (χ2v) is 11.5. The Labute approximate surface area is 237 Å². The minimum Gasteiger partial charge on any atom is -0.249 e. The predicted octanol–water partition coefficient (Wildman–Crippen LogP) is 12.4. The van der Waals surface area contributed by atoms with Gasteiger partial charge in [-0.15, -0.1) is 0 Å². The van der Waals surface area contributed by atoms with Gasteiger partial charge >= 0.3 is 0 Å². The minimum atomic E-state index is 0.0592. The molecule has 0 aromatic heterocycles. The zero-order valence-electron chi connectivity index (χ0n) is 14.4. The maximum absolute atomic E-state index is 6.42. The summed E-state index contributed by atoms with van der Waals surface area (Å²) < 4.78 is 1.74. The number of halogens is 10. The lowest BCUT2D eigenvalue weighted by Crippen LogP contribution is -2.05. The van der Waals surface area contributed by atoms with Gasteiger partial charge in [0, 0.05) is 23.9 Å². The van der Waals surface area contributed by atoms with Crippen LogP contribution in [0, 0.1) is 0 Å². The number of benzene rings is 3. The van der Waals surface area contributed by atoms with Crippen LogP contribution in [0.4, 0.5) is 5.69 Å². The van der Waals surface area contributed by atoms with E-state index in [0.717, 1.165) is 29.6 Å². The molecule has 0 saturated carbocycles. The highest BCUT2D eigenvalue weighted by Crippen LogP contribution is 2.54. The number of hydrogen-bond donors (Lipinski definition) is 0. The van der Waals surface area contributed by atoms with Crippen molar-refractivity contribution in [2.45, 2.75) is 9.79 Å². The minimum absolute atomic E-state index is 0.0592. The molecule has 13 heteroatoms. The van der Waals surface area contributed by atoms with Gasteiger partial charge in [-0.25, -0.2) is 3.71 Å². The Morgan fingerprint density at radius 2 is 0.710 bits per heavy atom. The Hall–Kier alpha value is 1.06. The molecule has 0 aliphatic heterocycles. The van der Waals surface area contributed by atoms with Crippen molar-refractivity contribution in [1.82, 2.24) is 0 Å². The lowest BCUT2D eigenvalue weighted by Gasteiger charge is -2.25. The molecule has 0 aliphatic rings. The van der Waals surface area contributed by atoms with Gasteiger partial charge in [-0.2, -0.15) is 0 Å². The highest BCUT2D eigenvalue weighted by molar-refractivity contribution is 8.18. The van der Waals surface area contributed by atoms with Crippen molar-refractivity contribution in [3.05, 3.63) is 80.6 Å². The SMILES string of the molecule is Clc1c(Cl)c(Cl)c(SN(Sc2c(Cl)c(Cl)c(Cl)c(Cl)c2Cl)c2ccccc2)c(Cl)c1Cl. The van der Waals surface area contributed by atoms with Crippen molar-refractivity contribution < 1.29 is 0 Å². The molecule has 0 fully saturated rings. The Morgan fingerprint density at radius 3 is 1.03 bits per heavy atom. The third-order valence-electron chi connectivity index (χ3n) is 3.65. The molecule has 1 nitrogen and oxygen atoms in total. The van der Waals surface area contributed by atoms with Gasteiger partial charge in [0.05, 0.1) is 65.7 Å². The zero-order valence-corrected chi connectivity index (χ0v) is 23.6. The smallest absolute Gasteiger partial charge is 0.0809 e. The third kappa shape index (κ3) is 5.50. The summed E-state index contributed by atoms with van der Waals surface area (Å²) in [7, 11) is 0. The van der Waals surface area contributed by atoms with Crippen LogP contribution in [0.5, 0.6) is 0 Å². The lowest BCUT2D eigenvalue weighted by atomic mass is 10.3. The summed E-state index contributed by atoms with van der Waals surface area (Å²) in [6.07, 6.45) is 0. The highest BCUT2D eigenvalue weighted by atomic mass is 35.5. The summed E-state index contributed by atoms with van der Waals surface area (Å²) in [6.45, 7) is 0. The fourth-order valence-electron chi connectivity index (χ4n) is 2.17. The second kappa shape index (κ2) is 11.2. The molecule has 164 valence electrons. The summed E-state index contributed by atoms with van der Waals surface area (Å²) in [5.74, 6) is 0. The first-order valence-electron chi connectivity index (χ1n) is 7.80. The van der Waals surface area contributed by atoms with E-state index in [1.165, 1.54) is 0 Å². The Balaban J connectivity index is 2.14.